The molecule has 0 aromatic heterocycles. The van der Waals surface area contributed by atoms with Crippen molar-refractivity contribution < 1.29 is 0 Å². The van der Waals surface area contributed by atoms with Gasteiger partial charge in [0, 0.05) is 0 Å². The quantitative estimate of drug-likeness (QED) is 0.438. The number of allylic oxidation sites excluding steroid dienone is 1. The van der Waals surface area contributed by atoms with Crippen LogP contribution < -0.4 is 0 Å². The Kier molecular flexibility index (Phi) is 2.53. The van der Waals surface area contributed by atoms with Gasteiger partial charge in [0.15, 0.2) is 0 Å². The molecule has 0 heteroatoms. The molecule has 0 aromatic rings. The van der Waals surface area contributed by atoms with Crippen LogP contribution >= 0.6 is 0 Å². The molecule has 68 valence electrons. The molecule has 3 saturated carbocycles. The highest BCUT2D eigenvalue weighted by atomic mass is 14.4. The fourth-order valence-electron chi connectivity index (χ4n) is 3.00. The maximum atomic E-state index is 3.77. The van der Waals surface area contributed by atoms with Gasteiger partial charge in [0.1, 0.15) is 0 Å². The highest BCUT2D eigenvalue weighted by molar-refractivity contribution is 4.90. The SMILES string of the molecule is C=CCCC[C@H]1CCC2CC1C2. The second kappa shape index (κ2) is 3.64. The minimum Gasteiger partial charge on any atom is -0.103 e. The predicted molar refractivity (Wildman–Crippen MR) is 53.0 cm³/mol. The topological polar surface area (TPSA) is 0 Å². The van der Waals surface area contributed by atoms with E-state index in [1.807, 2.05) is 0 Å². The number of hydrogen-bond acceptors (Lipinski definition) is 0. The Hall–Kier alpha value is -0.260. The Balaban J connectivity index is 1.69. The molecular weight excluding hydrogens is 144 g/mol. The lowest BCUT2D eigenvalue weighted by atomic mass is 9.59. The predicted octanol–water partition coefficient (Wildman–Crippen LogP) is 3.78. The molecule has 0 aliphatic heterocycles. The lowest BCUT2D eigenvalue weighted by Crippen LogP contribution is -2.36. The lowest BCUT2D eigenvalue weighted by Gasteiger charge is -2.47. The van der Waals surface area contributed by atoms with E-state index in [4.69, 9.17) is 0 Å². The summed E-state index contributed by atoms with van der Waals surface area (Å²) in [6, 6.07) is 0. The number of rotatable bonds is 4. The third-order valence-electron chi connectivity index (χ3n) is 3.87. The average molecular weight is 164 g/mol. The average Bonchev–Trinajstić information content (AvgIpc) is 2.04. The fraction of sp³-hybridized carbons (Fsp3) is 0.833. The summed E-state index contributed by atoms with van der Waals surface area (Å²) in [5.74, 6) is 3.37. The van der Waals surface area contributed by atoms with Gasteiger partial charge in [-0.05, 0) is 56.3 Å². The fourth-order valence-corrected chi connectivity index (χ4v) is 3.00. The van der Waals surface area contributed by atoms with E-state index in [1.165, 1.54) is 32.1 Å². The summed E-state index contributed by atoms with van der Waals surface area (Å²) in [5, 5.41) is 0. The van der Waals surface area contributed by atoms with E-state index in [9.17, 15) is 0 Å². The molecule has 3 aliphatic carbocycles. The second-order valence-corrected chi connectivity index (χ2v) is 4.65. The normalized spacial score (nSPS) is 38.8. The van der Waals surface area contributed by atoms with Crippen molar-refractivity contribution in [3.8, 4) is 0 Å². The molecule has 3 aliphatic rings. The summed E-state index contributed by atoms with van der Waals surface area (Å²) < 4.78 is 0. The van der Waals surface area contributed by atoms with E-state index >= 15 is 0 Å². The third-order valence-corrected chi connectivity index (χ3v) is 3.87. The van der Waals surface area contributed by atoms with Crippen molar-refractivity contribution in [1.82, 2.24) is 0 Å². The van der Waals surface area contributed by atoms with Crippen LogP contribution in [0.1, 0.15) is 44.9 Å². The van der Waals surface area contributed by atoms with E-state index in [2.05, 4.69) is 12.7 Å². The molecule has 2 bridgehead atoms. The number of fused-ring (bicyclic) bond motifs is 2. The van der Waals surface area contributed by atoms with E-state index in [0.29, 0.717) is 0 Å². The first-order valence-corrected chi connectivity index (χ1v) is 5.51. The molecule has 0 saturated heterocycles. The summed E-state index contributed by atoms with van der Waals surface area (Å²) in [7, 11) is 0. The molecule has 0 unspecified atom stereocenters. The van der Waals surface area contributed by atoms with Gasteiger partial charge in [0.2, 0.25) is 0 Å². The molecule has 0 aromatic carbocycles. The van der Waals surface area contributed by atoms with Crippen LogP contribution in [0.5, 0.6) is 0 Å². The highest BCUT2D eigenvalue weighted by Crippen LogP contribution is 2.50. The molecule has 0 nitrogen and oxygen atoms in total. The first kappa shape index (κ1) is 8.34. The van der Waals surface area contributed by atoms with Crippen LogP contribution in [0.3, 0.4) is 0 Å². The van der Waals surface area contributed by atoms with Crippen molar-refractivity contribution in [2.75, 3.05) is 0 Å². The van der Waals surface area contributed by atoms with Crippen LogP contribution in [0.25, 0.3) is 0 Å². The second-order valence-electron chi connectivity index (χ2n) is 4.65. The maximum Gasteiger partial charge on any atom is -0.0353 e. The summed E-state index contributed by atoms with van der Waals surface area (Å²) in [5.41, 5.74) is 0. The largest absolute Gasteiger partial charge is 0.103 e. The minimum atomic E-state index is 1.09. The summed E-state index contributed by atoms with van der Waals surface area (Å²) in [6.07, 6.45) is 12.4. The molecule has 3 fully saturated rings. The molecule has 0 spiro atoms. The Bertz CT molecular complexity index is 151. The first-order valence-electron chi connectivity index (χ1n) is 5.51. The van der Waals surface area contributed by atoms with Crippen LogP contribution in [0, 0.1) is 17.8 Å². The van der Waals surface area contributed by atoms with Crippen LogP contribution in [-0.4, -0.2) is 0 Å². The smallest absolute Gasteiger partial charge is 0.0353 e. The van der Waals surface area contributed by atoms with Gasteiger partial charge in [-0.25, -0.2) is 0 Å². The molecule has 12 heavy (non-hydrogen) atoms. The van der Waals surface area contributed by atoms with Crippen molar-refractivity contribution in [2.24, 2.45) is 17.8 Å². The Labute approximate surface area is 76.1 Å². The summed E-state index contributed by atoms with van der Waals surface area (Å²) >= 11 is 0. The molecule has 1 atom stereocenters. The lowest BCUT2D eigenvalue weighted by molar-refractivity contribution is 0.0444. The van der Waals surface area contributed by atoms with Gasteiger partial charge in [0.05, 0.1) is 0 Å². The van der Waals surface area contributed by atoms with Crippen molar-refractivity contribution in [1.29, 1.82) is 0 Å². The van der Waals surface area contributed by atoms with E-state index in [0.717, 1.165) is 17.8 Å². The summed E-state index contributed by atoms with van der Waals surface area (Å²) in [6.45, 7) is 3.77. The van der Waals surface area contributed by atoms with Crippen LogP contribution in [0.4, 0.5) is 0 Å². The first-order chi connectivity index (χ1) is 5.90. The highest BCUT2D eigenvalue weighted by Gasteiger charge is 2.38. The van der Waals surface area contributed by atoms with Crippen molar-refractivity contribution in [2.45, 2.75) is 44.9 Å². The van der Waals surface area contributed by atoms with Crippen molar-refractivity contribution >= 4 is 0 Å². The maximum absolute atomic E-state index is 3.77. The Morgan fingerprint density at radius 2 is 2.08 bits per heavy atom. The van der Waals surface area contributed by atoms with Gasteiger partial charge in [-0.2, -0.15) is 0 Å². The van der Waals surface area contributed by atoms with Crippen LogP contribution in [0.15, 0.2) is 12.7 Å². The van der Waals surface area contributed by atoms with Crippen LogP contribution in [0.2, 0.25) is 0 Å². The van der Waals surface area contributed by atoms with Crippen LogP contribution in [-0.2, 0) is 0 Å². The standard InChI is InChI=1S/C12H20/c1-2-3-4-5-11-7-6-10-8-12(11)9-10/h2,10-12H,1,3-9H2/t10?,11-,12?/m0/s1. The Morgan fingerprint density at radius 3 is 2.67 bits per heavy atom. The zero-order valence-corrected chi connectivity index (χ0v) is 7.97. The monoisotopic (exact) mass is 164 g/mol. The number of unbranched alkanes of at least 4 members (excludes halogenated alkanes) is 1. The summed E-state index contributed by atoms with van der Waals surface area (Å²) in [4.78, 5) is 0. The van der Waals surface area contributed by atoms with Gasteiger partial charge in [0.25, 0.3) is 0 Å². The third kappa shape index (κ3) is 1.57. The van der Waals surface area contributed by atoms with Crippen molar-refractivity contribution in [3.05, 3.63) is 12.7 Å². The number of hydrogen-bond donors (Lipinski definition) is 0. The van der Waals surface area contributed by atoms with Gasteiger partial charge in [-0.3, -0.25) is 0 Å². The molecular formula is C12H20. The van der Waals surface area contributed by atoms with E-state index in [-0.39, 0.29) is 0 Å². The van der Waals surface area contributed by atoms with Gasteiger partial charge >= 0.3 is 0 Å². The molecule has 0 radical (unpaired) electrons. The molecule has 0 N–H and O–H groups in total. The van der Waals surface area contributed by atoms with Gasteiger partial charge in [-0.15, -0.1) is 6.58 Å². The van der Waals surface area contributed by atoms with E-state index < -0.39 is 0 Å². The molecule has 3 rings (SSSR count). The minimum absolute atomic E-state index is 1.09. The van der Waals surface area contributed by atoms with Gasteiger partial charge in [-0.1, -0.05) is 12.5 Å². The van der Waals surface area contributed by atoms with E-state index in [1.54, 1.807) is 12.8 Å². The molecule has 0 amide bonds. The Morgan fingerprint density at radius 1 is 1.25 bits per heavy atom. The zero-order chi connectivity index (χ0) is 8.39. The van der Waals surface area contributed by atoms with Crippen molar-refractivity contribution in [3.63, 3.8) is 0 Å². The zero-order valence-electron chi connectivity index (χ0n) is 7.97. The molecule has 0 heterocycles. The van der Waals surface area contributed by atoms with Gasteiger partial charge < -0.3 is 0 Å².